The Kier molecular flexibility index (Phi) is 13.0. The SMILES string of the molecule is CSSCCCO[C@@H](C)C(=O)O[C@H]1CC(=O)N(C)c2cc(cc(C)c2Cl)C/C(C)=C/C=C/[C@@H](C)[C@@]2(O)C[C@H](OC(=O)N2)[C@@H](C)[C@@H]2O[C@@]12C. The van der Waals surface area contributed by atoms with Gasteiger partial charge in [-0.15, -0.1) is 0 Å². The van der Waals surface area contributed by atoms with Crippen LogP contribution in [0.4, 0.5) is 10.5 Å². The maximum absolute atomic E-state index is 14.0. The average Bonchev–Trinajstić information content (AvgIpc) is 3.72. The van der Waals surface area contributed by atoms with E-state index in [0.29, 0.717) is 23.7 Å². The zero-order valence-electron chi connectivity index (χ0n) is 29.0. The summed E-state index contributed by atoms with van der Waals surface area (Å²) < 4.78 is 23.7. The molecule has 13 heteroatoms. The molecule has 0 spiro atoms. The van der Waals surface area contributed by atoms with Crippen molar-refractivity contribution in [3.63, 3.8) is 0 Å². The van der Waals surface area contributed by atoms with Crippen LogP contribution in [0.1, 0.15) is 65.0 Å². The largest absolute Gasteiger partial charge is 0.457 e. The minimum Gasteiger partial charge on any atom is -0.457 e. The molecule has 0 aliphatic carbocycles. The first-order chi connectivity index (χ1) is 22.6. The Balaban J connectivity index is 1.68. The van der Waals surface area contributed by atoms with Crippen molar-refractivity contribution in [1.29, 1.82) is 0 Å². The summed E-state index contributed by atoms with van der Waals surface area (Å²) in [6, 6.07) is 3.89. The number of rotatable bonds is 8. The lowest BCUT2D eigenvalue weighted by atomic mass is 9.82. The second-order valence-electron chi connectivity index (χ2n) is 13.3. The second kappa shape index (κ2) is 16.2. The van der Waals surface area contributed by atoms with Crippen LogP contribution < -0.4 is 10.2 Å². The van der Waals surface area contributed by atoms with Crippen molar-refractivity contribution in [2.24, 2.45) is 11.8 Å². The van der Waals surface area contributed by atoms with Gasteiger partial charge in [-0.05, 0) is 64.0 Å². The number of anilines is 1. The summed E-state index contributed by atoms with van der Waals surface area (Å²) in [7, 11) is 5.05. The van der Waals surface area contributed by atoms with E-state index in [1.807, 2.05) is 64.3 Å². The number of carbonyl (C=O) groups is 3. The number of allylic oxidation sites excluding steroid dienone is 3. The molecule has 1 aromatic rings. The number of nitrogens with zero attached hydrogens (tertiary/aromatic N) is 1. The standard InChI is InChI=1S/C35H49ClN2O8S2/c1-20-11-9-12-22(3)35(42)19-27(44-33(41)37-35)23(4)31-34(6,46-31)28(45-32(40)24(5)43-13-10-14-48-47-8)18-29(39)38(7)26-17-25(15-20)16-21(2)30(26)36/h9,11-12,16-17,22-24,27-28,31,42H,10,13-15,18-19H2,1-8H3,(H,37,41)/b12-9+,20-11+/t22-,23-,24+,27+,28+,31+,34+,35+/m1/s1. The number of nitrogens with one attached hydrogen (secondary N) is 1. The topological polar surface area (TPSA) is 127 Å². The van der Waals surface area contributed by atoms with Gasteiger partial charge in [0.1, 0.15) is 23.5 Å². The van der Waals surface area contributed by atoms with E-state index < -0.39 is 59.6 Å². The van der Waals surface area contributed by atoms with Crippen molar-refractivity contribution in [2.75, 3.05) is 30.6 Å². The van der Waals surface area contributed by atoms with Gasteiger partial charge in [-0.2, -0.15) is 0 Å². The number of epoxide rings is 1. The minimum absolute atomic E-state index is 0.111. The predicted molar refractivity (Wildman–Crippen MR) is 191 cm³/mol. The Bertz CT molecular complexity index is 1420. The van der Waals surface area contributed by atoms with Crippen molar-refractivity contribution < 1.29 is 38.4 Å². The zero-order valence-corrected chi connectivity index (χ0v) is 31.4. The minimum atomic E-state index is -1.56. The molecular weight excluding hydrogens is 676 g/mol. The molecule has 4 rings (SSSR count). The summed E-state index contributed by atoms with van der Waals surface area (Å²) in [4.78, 5) is 41.5. The van der Waals surface area contributed by atoms with Crippen molar-refractivity contribution in [2.45, 2.75) is 103 Å². The fraction of sp³-hybridized carbons (Fsp3) is 0.629. The van der Waals surface area contributed by atoms with Gasteiger partial charge in [0.05, 0.1) is 23.2 Å². The predicted octanol–water partition coefficient (Wildman–Crippen LogP) is 6.39. The molecular formula is C35H49ClN2O8S2. The molecule has 0 saturated carbocycles. The fourth-order valence-electron chi connectivity index (χ4n) is 6.31. The second-order valence-corrected chi connectivity index (χ2v) is 16.4. The Morgan fingerprint density at radius 3 is 2.71 bits per heavy atom. The normalized spacial score (nSPS) is 33.4. The van der Waals surface area contributed by atoms with E-state index in [1.165, 1.54) is 4.90 Å². The Labute approximate surface area is 297 Å². The van der Waals surface area contributed by atoms with Gasteiger partial charge in [0.25, 0.3) is 0 Å². The smallest absolute Gasteiger partial charge is 0.409 e. The van der Waals surface area contributed by atoms with Crippen LogP contribution in [-0.2, 0) is 35.0 Å². The first kappa shape index (κ1) is 38.6. The molecule has 0 radical (unpaired) electrons. The summed E-state index contributed by atoms with van der Waals surface area (Å²) in [5.41, 5.74) is 0.754. The number of esters is 1. The number of aryl methyl sites for hydroxylation is 1. The Hall–Kier alpha value is -2.22. The summed E-state index contributed by atoms with van der Waals surface area (Å²) in [5.74, 6) is -0.874. The van der Waals surface area contributed by atoms with Crippen LogP contribution in [0, 0.1) is 18.8 Å². The molecule has 0 aromatic heterocycles. The van der Waals surface area contributed by atoms with Crippen molar-refractivity contribution >= 4 is 56.8 Å². The van der Waals surface area contributed by atoms with Crippen LogP contribution in [0.2, 0.25) is 5.02 Å². The van der Waals surface area contributed by atoms with E-state index in [4.69, 9.17) is 30.5 Å². The molecule has 2 saturated heterocycles. The number of benzene rings is 1. The van der Waals surface area contributed by atoms with Gasteiger partial charge in [-0.3, -0.25) is 10.1 Å². The number of ether oxygens (including phenoxy) is 4. The highest BCUT2D eigenvalue weighted by atomic mass is 35.5. The molecule has 1 aromatic carbocycles. The molecule has 48 heavy (non-hydrogen) atoms. The number of amides is 2. The summed E-state index contributed by atoms with van der Waals surface area (Å²) in [5, 5.41) is 14.7. The highest BCUT2D eigenvalue weighted by Crippen LogP contribution is 2.49. The van der Waals surface area contributed by atoms with Crippen LogP contribution in [0.25, 0.3) is 0 Å². The summed E-state index contributed by atoms with van der Waals surface area (Å²) in [6.45, 7) is 11.4. The molecule has 3 heterocycles. The van der Waals surface area contributed by atoms with Gasteiger partial charge in [0.15, 0.2) is 6.10 Å². The lowest BCUT2D eigenvalue weighted by molar-refractivity contribution is -0.165. The lowest BCUT2D eigenvalue weighted by Gasteiger charge is -2.41. The number of halogens is 1. The first-order valence-corrected chi connectivity index (χ1v) is 19.5. The van der Waals surface area contributed by atoms with Gasteiger partial charge in [-0.25, -0.2) is 9.59 Å². The van der Waals surface area contributed by atoms with E-state index in [-0.39, 0.29) is 18.7 Å². The van der Waals surface area contributed by atoms with E-state index in [0.717, 1.165) is 28.9 Å². The van der Waals surface area contributed by atoms with E-state index in [9.17, 15) is 19.5 Å². The molecule has 2 amide bonds. The zero-order chi connectivity index (χ0) is 35.4. The summed E-state index contributed by atoms with van der Waals surface area (Å²) >= 11 is 6.75. The van der Waals surface area contributed by atoms with E-state index in [1.54, 1.807) is 42.5 Å². The maximum atomic E-state index is 14.0. The van der Waals surface area contributed by atoms with Crippen molar-refractivity contribution in [1.82, 2.24) is 5.32 Å². The van der Waals surface area contributed by atoms with Gasteiger partial charge in [0, 0.05) is 37.7 Å². The number of aliphatic hydroxyl groups is 1. The maximum Gasteiger partial charge on any atom is 0.409 e. The highest BCUT2D eigenvalue weighted by molar-refractivity contribution is 8.76. The highest BCUT2D eigenvalue weighted by Gasteiger charge is 2.64. The average molecular weight is 725 g/mol. The van der Waals surface area contributed by atoms with Crippen molar-refractivity contribution in [3.8, 4) is 0 Å². The number of hydrogen-bond acceptors (Lipinski definition) is 10. The molecule has 4 bridgehead atoms. The number of carbonyl (C=O) groups excluding carboxylic acids is 3. The molecule has 10 nitrogen and oxygen atoms in total. The van der Waals surface area contributed by atoms with Crippen LogP contribution in [0.5, 0.6) is 0 Å². The molecule has 3 aliphatic heterocycles. The van der Waals surface area contributed by atoms with E-state index >= 15 is 0 Å². The third kappa shape index (κ3) is 9.11. The Morgan fingerprint density at radius 2 is 2.00 bits per heavy atom. The quantitative estimate of drug-likeness (QED) is 0.135. The Morgan fingerprint density at radius 1 is 1.27 bits per heavy atom. The molecule has 0 unspecified atom stereocenters. The number of hydrogen-bond donors (Lipinski definition) is 2. The molecule has 2 N–H and O–H groups in total. The third-order valence-electron chi connectivity index (χ3n) is 9.54. The van der Waals surface area contributed by atoms with Gasteiger partial charge in [-0.1, -0.05) is 76.9 Å². The first-order valence-electron chi connectivity index (χ1n) is 16.4. The van der Waals surface area contributed by atoms with Gasteiger partial charge >= 0.3 is 12.1 Å². The monoisotopic (exact) mass is 724 g/mol. The number of fused-ring (bicyclic) bond motifs is 5. The molecule has 266 valence electrons. The lowest BCUT2D eigenvalue weighted by Crippen LogP contribution is -2.60. The molecule has 8 atom stereocenters. The van der Waals surface area contributed by atoms with E-state index in [2.05, 4.69) is 5.32 Å². The van der Waals surface area contributed by atoms with Gasteiger partial charge < -0.3 is 29.0 Å². The summed E-state index contributed by atoms with van der Waals surface area (Å²) in [6.07, 6.45) is 5.19. The number of alkyl carbamates (subject to hydrolysis) is 1. The van der Waals surface area contributed by atoms with Crippen molar-refractivity contribution in [3.05, 3.63) is 52.1 Å². The van der Waals surface area contributed by atoms with Crippen LogP contribution in [0.3, 0.4) is 0 Å². The fourth-order valence-corrected chi connectivity index (χ4v) is 7.80. The third-order valence-corrected chi connectivity index (χ3v) is 11.9. The van der Waals surface area contributed by atoms with Gasteiger partial charge in [0.2, 0.25) is 5.91 Å². The molecule has 3 aliphatic rings. The van der Waals surface area contributed by atoms with Crippen LogP contribution in [-0.4, -0.2) is 84.5 Å². The molecule has 2 fully saturated rings. The van der Waals surface area contributed by atoms with Crippen LogP contribution >= 0.6 is 33.2 Å². The van der Waals surface area contributed by atoms with Crippen LogP contribution in [0.15, 0.2) is 35.9 Å².